The van der Waals surface area contributed by atoms with Crippen LogP contribution in [0.3, 0.4) is 0 Å². The number of hydrogen-bond acceptors (Lipinski definition) is 4. The molecular formula is C21H20N4O2S. The lowest BCUT2D eigenvalue weighted by atomic mass is 9.98. The van der Waals surface area contributed by atoms with Gasteiger partial charge in [-0.3, -0.25) is 4.72 Å². The number of aromatic nitrogens is 3. The Balaban J connectivity index is 1.38. The minimum atomic E-state index is -3.58. The van der Waals surface area contributed by atoms with Gasteiger partial charge in [-0.2, -0.15) is 0 Å². The lowest BCUT2D eigenvalue weighted by Gasteiger charge is -2.17. The summed E-state index contributed by atoms with van der Waals surface area (Å²) in [6, 6.07) is 15.2. The zero-order valence-corrected chi connectivity index (χ0v) is 16.1. The van der Waals surface area contributed by atoms with Gasteiger partial charge in [-0.05, 0) is 60.7 Å². The highest BCUT2D eigenvalue weighted by Crippen LogP contribution is 2.29. The molecule has 3 aromatic rings. The van der Waals surface area contributed by atoms with Gasteiger partial charge in [-0.1, -0.05) is 24.3 Å². The molecule has 0 unspecified atom stereocenters. The van der Waals surface area contributed by atoms with Crippen molar-refractivity contribution < 1.29 is 8.42 Å². The maximum atomic E-state index is 12.8. The molecule has 0 fully saturated rings. The average Bonchev–Trinajstić information content (AvgIpc) is 3.32. The van der Waals surface area contributed by atoms with Crippen molar-refractivity contribution in [3.63, 3.8) is 0 Å². The average molecular weight is 392 g/mol. The summed E-state index contributed by atoms with van der Waals surface area (Å²) in [4.78, 5) is 0.422. The Morgan fingerprint density at radius 1 is 0.929 bits per heavy atom. The molecule has 2 aromatic carbocycles. The van der Waals surface area contributed by atoms with Crippen LogP contribution in [0.15, 0.2) is 53.4 Å². The molecule has 0 saturated carbocycles. The molecule has 0 amide bonds. The Hall–Kier alpha value is -2.93. The topological polar surface area (TPSA) is 76.9 Å². The van der Waals surface area contributed by atoms with Gasteiger partial charge in [-0.25, -0.2) is 8.42 Å². The van der Waals surface area contributed by atoms with E-state index in [0.717, 1.165) is 48.6 Å². The highest BCUT2D eigenvalue weighted by molar-refractivity contribution is 7.96. The van der Waals surface area contributed by atoms with E-state index in [0.29, 0.717) is 17.0 Å². The van der Waals surface area contributed by atoms with Crippen LogP contribution in [0.5, 0.6) is 0 Å². The minimum Gasteiger partial charge on any atom is -0.311 e. The first-order chi connectivity index (χ1) is 13.6. The normalized spacial score (nSPS) is 15.6. The van der Waals surface area contributed by atoms with E-state index in [4.69, 9.17) is 0 Å². The summed E-state index contributed by atoms with van der Waals surface area (Å²) >= 11 is 0. The number of rotatable bonds is 4. The number of allylic oxidation sites excluding steroid dienone is 1. The summed E-state index contributed by atoms with van der Waals surface area (Å²) in [5.41, 5.74) is 3.65. The van der Waals surface area contributed by atoms with Crippen molar-refractivity contribution in [2.75, 3.05) is 4.72 Å². The number of sulfonamides is 1. The number of nitrogens with one attached hydrogen (secondary N) is 1. The van der Waals surface area contributed by atoms with Gasteiger partial charge in [-0.15, -0.1) is 10.2 Å². The third kappa shape index (κ3) is 3.01. The highest BCUT2D eigenvalue weighted by atomic mass is 32.2. The predicted molar refractivity (Wildman–Crippen MR) is 109 cm³/mol. The molecule has 0 radical (unpaired) electrons. The SMILES string of the molecule is O=S(=O)(Nc1ccc(-c2nnc3n2CCC3)cc1)C1=Cc2ccccc2CC1. The van der Waals surface area contributed by atoms with Crippen LogP contribution in [0.2, 0.25) is 0 Å². The van der Waals surface area contributed by atoms with Gasteiger partial charge in [0, 0.05) is 24.2 Å². The Morgan fingerprint density at radius 3 is 2.61 bits per heavy atom. The third-order valence-electron chi connectivity index (χ3n) is 5.36. The Kier molecular flexibility index (Phi) is 4.05. The van der Waals surface area contributed by atoms with Crippen molar-refractivity contribution in [1.82, 2.24) is 14.8 Å². The van der Waals surface area contributed by atoms with Crippen molar-refractivity contribution in [3.8, 4) is 11.4 Å². The molecule has 2 heterocycles. The fraction of sp³-hybridized carbons (Fsp3) is 0.238. The fourth-order valence-corrected chi connectivity index (χ4v) is 5.12. The largest absolute Gasteiger partial charge is 0.311 e. The summed E-state index contributed by atoms with van der Waals surface area (Å²) in [5.74, 6) is 1.86. The molecule has 142 valence electrons. The van der Waals surface area contributed by atoms with Gasteiger partial charge in [0.05, 0.1) is 4.91 Å². The summed E-state index contributed by atoms with van der Waals surface area (Å²) < 4.78 is 30.5. The van der Waals surface area contributed by atoms with Crippen molar-refractivity contribution in [2.24, 2.45) is 0 Å². The molecule has 1 aliphatic carbocycles. The second-order valence-electron chi connectivity index (χ2n) is 7.19. The van der Waals surface area contributed by atoms with E-state index >= 15 is 0 Å². The Morgan fingerprint density at radius 2 is 1.75 bits per heavy atom. The number of hydrogen-bond donors (Lipinski definition) is 1. The summed E-state index contributed by atoms with van der Waals surface area (Å²) in [5, 5.41) is 8.50. The van der Waals surface area contributed by atoms with E-state index in [2.05, 4.69) is 19.5 Å². The number of anilines is 1. The Labute approximate surface area is 164 Å². The monoisotopic (exact) mass is 392 g/mol. The minimum absolute atomic E-state index is 0.422. The highest BCUT2D eigenvalue weighted by Gasteiger charge is 2.22. The van der Waals surface area contributed by atoms with E-state index in [-0.39, 0.29) is 0 Å². The molecule has 0 atom stereocenters. The number of benzene rings is 2. The fourth-order valence-electron chi connectivity index (χ4n) is 3.89. The third-order valence-corrected chi connectivity index (χ3v) is 6.88. The van der Waals surface area contributed by atoms with Crippen LogP contribution in [-0.2, 0) is 29.4 Å². The van der Waals surface area contributed by atoms with Gasteiger partial charge in [0.2, 0.25) is 0 Å². The Bertz CT molecular complexity index is 1180. The van der Waals surface area contributed by atoms with E-state index in [1.807, 2.05) is 36.4 Å². The summed E-state index contributed by atoms with van der Waals surface area (Å²) in [6.07, 6.45) is 5.07. The van der Waals surface area contributed by atoms with Crippen LogP contribution >= 0.6 is 0 Å². The molecule has 7 heteroatoms. The molecule has 1 aliphatic heterocycles. The maximum Gasteiger partial charge on any atom is 0.258 e. The second-order valence-corrected chi connectivity index (χ2v) is 8.92. The van der Waals surface area contributed by atoms with Crippen LogP contribution < -0.4 is 4.72 Å². The van der Waals surface area contributed by atoms with Crippen LogP contribution in [0, 0.1) is 0 Å². The van der Waals surface area contributed by atoms with Gasteiger partial charge >= 0.3 is 0 Å². The van der Waals surface area contributed by atoms with E-state index < -0.39 is 10.0 Å². The molecule has 28 heavy (non-hydrogen) atoms. The number of nitrogens with zero attached hydrogens (tertiary/aromatic N) is 3. The summed E-state index contributed by atoms with van der Waals surface area (Å²) in [7, 11) is -3.58. The number of aryl methyl sites for hydroxylation is 2. The molecule has 0 bridgehead atoms. The lowest BCUT2D eigenvalue weighted by Crippen LogP contribution is -2.17. The first-order valence-corrected chi connectivity index (χ1v) is 10.9. The molecule has 2 aliphatic rings. The smallest absolute Gasteiger partial charge is 0.258 e. The van der Waals surface area contributed by atoms with Crippen molar-refractivity contribution in [2.45, 2.75) is 32.2 Å². The van der Waals surface area contributed by atoms with E-state index in [1.165, 1.54) is 5.56 Å². The predicted octanol–water partition coefficient (Wildman–Crippen LogP) is 3.62. The lowest BCUT2D eigenvalue weighted by molar-refractivity contribution is 0.605. The van der Waals surface area contributed by atoms with Crippen molar-refractivity contribution in [1.29, 1.82) is 0 Å². The molecular weight excluding hydrogens is 372 g/mol. The zero-order valence-electron chi connectivity index (χ0n) is 15.3. The summed E-state index contributed by atoms with van der Waals surface area (Å²) in [6.45, 7) is 0.932. The molecule has 5 rings (SSSR count). The standard InChI is InChI=1S/C21H20N4O2S/c26-28(27,19-12-9-15-4-1-2-5-17(15)14-19)24-18-10-7-16(8-11-18)21-23-22-20-6-3-13-25(20)21/h1-2,4-5,7-8,10-11,14,24H,3,6,9,12-13H2. The number of fused-ring (bicyclic) bond motifs is 2. The van der Waals surface area contributed by atoms with Crippen LogP contribution in [-0.4, -0.2) is 23.2 Å². The van der Waals surface area contributed by atoms with Crippen molar-refractivity contribution >= 4 is 21.8 Å². The second kappa shape index (κ2) is 6.60. The maximum absolute atomic E-state index is 12.8. The first kappa shape index (κ1) is 17.2. The van der Waals surface area contributed by atoms with Crippen LogP contribution in [0.4, 0.5) is 5.69 Å². The molecule has 0 spiro atoms. The molecule has 0 saturated heterocycles. The van der Waals surface area contributed by atoms with Crippen LogP contribution in [0.1, 0.15) is 29.8 Å². The molecule has 1 N–H and O–H groups in total. The van der Waals surface area contributed by atoms with E-state index in [1.54, 1.807) is 18.2 Å². The van der Waals surface area contributed by atoms with Gasteiger partial charge in [0.25, 0.3) is 10.0 Å². The van der Waals surface area contributed by atoms with Crippen molar-refractivity contribution in [3.05, 3.63) is 70.4 Å². The van der Waals surface area contributed by atoms with Gasteiger partial charge < -0.3 is 4.57 Å². The zero-order chi connectivity index (χ0) is 19.1. The van der Waals surface area contributed by atoms with Gasteiger partial charge in [0.1, 0.15) is 5.82 Å². The molecule has 6 nitrogen and oxygen atoms in total. The molecule has 1 aromatic heterocycles. The van der Waals surface area contributed by atoms with Crippen LogP contribution in [0.25, 0.3) is 17.5 Å². The first-order valence-electron chi connectivity index (χ1n) is 9.44. The quantitative estimate of drug-likeness (QED) is 0.736. The van der Waals surface area contributed by atoms with Gasteiger partial charge in [0.15, 0.2) is 5.82 Å². The van der Waals surface area contributed by atoms with E-state index in [9.17, 15) is 8.42 Å².